The van der Waals surface area contributed by atoms with E-state index in [1.807, 2.05) is 6.20 Å². The lowest BCUT2D eigenvalue weighted by molar-refractivity contribution is -0.0630. The molecular weight excluding hydrogens is 286 g/mol. The van der Waals surface area contributed by atoms with Crippen molar-refractivity contribution in [2.24, 2.45) is 0 Å². The van der Waals surface area contributed by atoms with Gasteiger partial charge >= 0.3 is 0 Å². The van der Waals surface area contributed by atoms with Crippen molar-refractivity contribution in [3.8, 4) is 11.3 Å². The second-order valence-electron chi connectivity index (χ2n) is 7.25. The summed E-state index contributed by atoms with van der Waals surface area (Å²) in [6.45, 7) is 10.3. The summed E-state index contributed by atoms with van der Waals surface area (Å²) in [6, 6.07) is 7.06. The average molecular weight is 313 g/mol. The number of aromatic nitrogens is 2. The average Bonchev–Trinajstić information content (AvgIpc) is 2.95. The summed E-state index contributed by atoms with van der Waals surface area (Å²) in [7, 11) is 0. The van der Waals surface area contributed by atoms with Gasteiger partial charge < -0.3 is 10.1 Å². The Hall–Kier alpha value is -1.65. The zero-order valence-corrected chi connectivity index (χ0v) is 14.6. The number of benzene rings is 1. The maximum atomic E-state index is 5.79. The van der Waals surface area contributed by atoms with Gasteiger partial charge in [-0.05, 0) is 57.7 Å². The van der Waals surface area contributed by atoms with E-state index in [1.54, 1.807) is 0 Å². The van der Waals surface area contributed by atoms with Gasteiger partial charge in [0, 0.05) is 30.3 Å². The number of hydrogen-bond acceptors (Lipinski definition) is 3. The molecule has 1 aromatic carbocycles. The molecule has 124 valence electrons. The lowest BCUT2D eigenvalue weighted by atomic mass is 9.93. The lowest BCUT2D eigenvalue weighted by Gasteiger charge is -2.36. The highest BCUT2D eigenvalue weighted by molar-refractivity contribution is 5.64. The predicted molar refractivity (Wildman–Crippen MR) is 93.4 cm³/mol. The summed E-state index contributed by atoms with van der Waals surface area (Å²) in [5, 5.41) is 11.1. The summed E-state index contributed by atoms with van der Waals surface area (Å²) >= 11 is 0. The van der Waals surface area contributed by atoms with Crippen molar-refractivity contribution in [2.75, 3.05) is 6.61 Å². The van der Waals surface area contributed by atoms with E-state index in [-0.39, 0.29) is 5.60 Å². The Morgan fingerprint density at radius 2 is 2.13 bits per heavy atom. The van der Waals surface area contributed by atoms with Gasteiger partial charge in [-0.1, -0.05) is 12.1 Å². The van der Waals surface area contributed by atoms with Crippen LogP contribution in [0.3, 0.4) is 0 Å². The van der Waals surface area contributed by atoms with Crippen LogP contribution in [0.4, 0.5) is 0 Å². The molecule has 1 atom stereocenters. The quantitative estimate of drug-likeness (QED) is 0.904. The minimum absolute atomic E-state index is 0.0246. The summed E-state index contributed by atoms with van der Waals surface area (Å²) < 4.78 is 5.79. The van der Waals surface area contributed by atoms with Crippen LogP contribution in [0.1, 0.15) is 43.4 Å². The van der Waals surface area contributed by atoms with E-state index in [9.17, 15) is 0 Å². The van der Waals surface area contributed by atoms with Gasteiger partial charge in [-0.3, -0.25) is 5.10 Å². The molecule has 0 bridgehead atoms. The molecule has 23 heavy (non-hydrogen) atoms. The zero-order valence-electron chi connectivity index (χ0n) is 14.6. The number of aromatic amines is 1. The SMILES string of the molecule is Cc1ccc(-c2[nH]ncc2CNC2CCOC(C)(C)C2)cc1C. The second-order valence-corrected chi connectivity index (χ2v) is 7.25. The largest absolute Gasteiger partial charge is 0.375 e. The fourth-order valence-corrected chi connectivity index (χ4v) is 3.25. The highest BCUT2D eigenvalue weighted by Crippen LogP contribution is 2.26. The normalized spacial score (nSPS) is 20.6. The Labute approximate surface area is 138 Å². The Bertz CT molecular complexity index is 675. The molecule has 3 rings (SSSR count). The van der Waals surface area contributed by atoms with Crippen molar-refractivity contribution in [3.05, 3.63) is 41.1 Å². The Balaban J connectivity index is 1.70. The topological polar surface area (TPSA) is 49.9 Å². The number of hydrogen-bond donors (Lipinski definition) is 2. The fraction of sp³-hybridized carbons (Fsp3) is 0.526. The molecule has 1 aliphatic rings. The molecule has 2 N–H and O–H groups in total. The van der Waals surface area contributed by atoms with Gasteiger partial charge in [-0.25, -0.2) is 0 Å². The van der Waals surface area contributed by atoms with Crippen LogP contribution in [0.25, 0.3) is 11.3 Å². The van der Waals surface area contributed by atoms with E-state index >= 15 is 0 Å². The monoisotopic (exact) mass is 313 g/mol. The number of rotatable bonds is 4. The number of ether oxygens (including phenoxy) is 1. The third-order valence-corrected chi connectivity index (χ3v) is 4.79. The Morgan fingerprint density at radius 3 is 2.87 bits per heavy atom. The Morgan fingerprint density at radius 1 is 1.30 bits per heavy atom. The molecule has 0 radical (unpaired) electrons. The minimum atomic E-state index is -0.0246. The van der Waals surface area contributed by atoms with Crippen LogP contribution in [-0.2, 0) is 11.3 Å². The van der Waals surface area contributed by atoms with Crippen molar-refractivity contribution in [3.63, 3.8) is 0 Å². The fourth-order valence-electron chi connectivity index (χ4n) is 3.25. The highest BCUT2D eigenvalue weighted by atomic mass is 16.5. The molecule has 2 aromatic rings. The van der Waals surface area contributed by atoms with Gasteiger partial charge in [0.2, 0.25) is 0 Å². The van der Waals surface area contributed by atoms with Crippen LogP contribution in [-0.4, -0.2) is 28.4 Å². The van der Waals surface area contributed by atoms with Crippen LogP contribution in [0.5, 0.6) is 0 Å². The van der Waals surface area contributed by atoms with Crippen molar-refractivity contribution in [2.45, 2.75) is 58.7 Å². The molecule has 2 heterocycles. The van der Waals surface area contributed by atoms with Gasteiger partial charge in [0.15, 0.2) is 0 Å². The molecule has 0 saturated carbocycles. The molecule has 4 heteroatoms. The van der Waals surface area contributed by atoms with Crippen LogP contribution in [0, 0.1) is 13.8 Å². The maximum Gasteiger partial charge on any atom is 0.0695 e. The molecule has 1 saturated heterocycles. The first-order valence-electron chi connectivity index (χ1n) is 8.42. The summed E-state index contributed by atoms with van der Waals surface area (Å²) in [5.74, 6) is 0. The van der Waals surface area contributed by atoms with Gasteiger partial charge in [0.05, 0.1) is 17.5 Å². The van der Waals surface area contributed by atoms with Gasteiger partial charge in [0.1, 0.15) is 0 Å². The first kappa shape index (κ1) is 16.2. The smallest absolute Gasteiger partial charge is 0.0695 e. The molecule has 0 amide bonds. The third kappa shape index (κ3) is 3.82. The van der Waals surface area contributed by atoms with E-state index in [2.05, 4.69) is 61.4 Å². The second kappa shape index (κ2) is 6.46. The number of H-pyrrole nitrogens is 1. The highest BCUT2D eigenvalue weighted by Gasteiger charge is 2.28. The van der Waals surface area contributed by atoms with E-state index in [1.165, 1.54) is 22.3 Å². The molecule has 1 fully saturated rings. The van der Waals surface area contributed by atoms with Crippen LogP contribution < -0.4 is 5.32 Å². The van der Waals surface area contributed by atoms with Crippen LogP contribution in [0.2, 0.25) is 0 Å². The molecule has 0 spiro atoms. The first-order valence-corrected chi connectivity index (χ1v) is 8.42. The molecule has 1 aliphatic heterocycles. The van der Waals surface area contributed by atoms with E-state index in [4.69, 9.17) is 4.74 Å². The zero-order chi connectivity index (χ0) is 16.4. The minimum Gasteiger partial charge on any atom is -0.375 e. The van der Waals surface area contributed by atoms with Crippen molar-refractivity contribution in [1.82, 2.24) is 15.5 Å². The van der Waals surface area contributed by atoms with Crippen LogP contribution >= 0.6 is 0 Å². The number of nitrogens with one attached hydrogen (secondary N) is 2. The van der Waals surface area contributed by atoms with Crippen molar-refractivity contribution < 1.29 is 4.74 Å². The molecule has 4 nitrogen and oxygen atoms in total. The van der Waals surface area contributed by atoms with Crippen molar-refractivity contribution >= 4 is 0 Å². The van der Waals surface area contributed by atoms with Gasteiger partial charge in [-0.15, -0.1) is 0 Å². The van der Waals surface area contributed by atoms with E-state index in [0.717, 1.165) is 31.7 Å². The molecule has 1 unspecified atom stereocenters. The Kier molecular flexibility index (Phi) is 4.55. The first-order chi connectivity index (χ1) is 10.9. The lowest BCUT2D eigenvalue weighted by Crippen LogP contribution is -2.43. The predicted octanol–water partition coefficient (Wildman–Crippen LogP) is 3.74. The maximum absolute atomic E-state index is 5.79. The number of aryl methyl sites for hydroxylation is 2. The molecule has 1 aromatic heterocycles. The van der Waals surface area contributed by atoms with Crippen LogP contribution in [0.15, 0.2) is 24.4 Å². The summed E-state index contributed by atoms with van der Waals surface area (Å²) in [4.78, 5) is 0. The van der Waals surface area contributed by atoms with Crippen molar-refractivity contribution in [1.29, 1.82) is 0 Å². The van der Waals surface area contributed by atoms with Gasteiger partial charge in [0.25, 0.3) is 0 Å². The van der Waals surface area contributed by atoms with E-state index in [0.29, 0.717) is 6.04 Å². The standard InChI is InChI=1S/C19H27N3O/c1-13-5-6-15(9-14(13)2)18-16(12-21-22-18)11-20-17-7-8-23-19(3,4)10-17/h5-6,9,12,17,20H,7-8,10-11H2,1-4H3,(H,21,22). The summed E-state index contributed by atoms with van der Waals surface area (Å²) in [5.41, 5.74) is 6.14. The number of nitrogens with zero attached hydrogens (tertiary/aromatic N) is 1. The molecular formula is C19H27N3O. The van der Waals surface area contributed by atoms with E-state index < -0.39 is 0 Å². The summed E-state index contributed by atoms with van der Waals surface area (Å²) in [6.07, 6.45) is 4.05. The third-order valence-electron chi connectivity index (χ3n) is 4.79. The molecule has 0 aliphatic carbocycles. The van der Waals surface area contributed by atoms with Gasteiger partial charge in [-0.2, -0.15) is 5.10 Å².